The Labute approximate surface area is 169 Å². The molecule has 1 aliphatic carbocycles. The van der Waals surface area contributed by atoms with Gasteiger partial charge in [-0.1, -0.05) is 5.21 Å². The molecule has 1 aliphatic heterocycles. The van der Waals surface area contributed by atoms with Gasteiger partial charge in [-0.25, -0.2) is 9.67 Å². The largest absolute Gasteiger partial charge is 0.488 e. The molecule has 0 unspecified atom stereocenters. The number of aliphatic hydroxyl groups excluding tert-OH is 1. The second kappa shape index (κ2) is 8.46. The van der Waals surface area contributed by atoms with E-state index in [0.717, 1.165) is 25.0 Å². The predicted molar refractivity (Wildman–Crippen MR) is 102 cm³/mol. The third kappa shape index (κ3) is 3.97. The monoisotopic (exact) mass is 402 g/mol. The van der Waals surface area contributed by atoms with E-state index in [1.165, 1.54) is 7.11 Å². The Balaban J connectivity index is 1.59. The summed E-state index contributed by atoms with van der Waals surface area (Å²) in [5.74, 6) is 0.581. The van der Waals surface area contributed by atoms with Crippen LogP contribution in [0.5, 0.6) is 5.75 Å². The molecule has 9 heteroatoms. The third-order valence-corrected chi connectivity index (χ3v) is 5.70. The van der Waals surface area contributed by atoms with Crippen LogP contribution < -0.4 is 4.74 Å². The molecular weight excluding hydrogens is 376 g/mol. The average Bonchev–Trinajstić information content (AvgIpc) is 3.08. The molecule has 2 aliphatic rings. The van der Waals surface area contributed by atoms with Crippen molar-refractivity contribution >= 4 is 5.97 Å². The molecule has 0 radical (unpaired) electrons. The third-order valence-electron chi connectivity index (χ3n) is 5.70. The summed E-state index contributed by atoms with van der Waals surface area (Å²) in [5, 5.41) is 17.8. The number of hydrogen-bond acceptors (Lipinski definition) is 8. The smallest absolute Gasteiger partial charge is 0.308 e. The first-order valence-electron chi connectivity index (χ1n) is 9.93. The first-order chi connectivity index (χ1) is 14.1. The van der Waals surface area contributed by atoms with Crippen LogP contribution in [0, 0.1) is 5.92 Å². The first kappa shape index (κ1) is 19.8. The van der Waals surface area contributed by atoms with Crippen LogP contribution in [-0.2, 0) is 27.9 Å². The van der Waals surface area contributed by atoms with Crippen molar-refractivity contribution in [1.82, 2.24) is 20.0 Å². The SMILES string of the molecule is COC(=O)[C@H]1CCC[C@H](Oc2ccc(-c3nnn(C)c3CO)nc2C2COC2)C1. The molecule has 29 heavy (non-hydrogen) atoms. The van der Waals surface area contributed by atoms with Gasteiger partial charge in [-0.3, -0.25) is 4.79 Å². The van der Waals surface area contributed by atoms with E-state index < -0.39 is 0 Å². The zero-order chi connectivity index (χ0) is 20.4. The Morgan fingerprint density at radius 1 is 1.34 bits per heavy atom. The van der Waals surface area contributed by atoms with Gasteiger partial charge >= 0.3 is 5.97 Å². The van der Waals surface area contributed by atoms with Crippen LogP contribution in [0.25, 0.3) is 11.4 Å². The molecule has 1 N–H and O–H groups in total. The number of ether oxygens (including phenoxy) is 3. The van der Waals surface area contributed by atoms with Crippen LogP contribution in [-0.4, -0.2) is 57.5 Å². The minimum Gasteiger partial charge on any atom is -0.488 e. The van der Waals surface area contributed by atoms with Gasteiger partial charge in [0.2, 0.25) is 0 Å². The van der Waals surface area contributed by atoms with Crippen LogP contribution in [0.3, 0.4) is 0 Å². The summed E-state index contributed by atoms with van der Waals surface area (Å²) in [5.41, 5.74) is 2.64. The molecule has 3 heterocycles. The lowest BCUT2D eigenvalue weighted by molar-refractivity contribution is -0.147. The number of pyridine rings is 1. The summed E-state index contributed by atoms with van der Waals surface area (Å²) in [4.78, 5) is 16.7. The molecule has 0 aromatic carbocycles. The number of carbonyl (C=O) groups excluding carboxylic acids is 1. The van der Waals surface area contributed by atoms with Crippen molar-refractivity contribution in [2.24, 2.45) is 13.0 Å². The summed E-state index contributed by atoms with van der Waals surface area (Å²) in [6.07, 6.45) is 3.26. The van der Waals surface area contributed by atoms with Crippen molar-refractivity contribution in [1.29, 1.82) is 0 Å². The number of carbonyl (C=O) groups is 1. The average molecular weight is 402 g/mol. The lowest BCUT2D eigenvalue weighted by Gasteiger charge is -2.31. The first-order valence-corrected chi connectivity index (χ1v) is 9.93. The van der Waals surface area contributed by atoms with E-state index in [1.807, 2.05) is 12.1 Å². The number of esters is 1. The number of aliphatic hydroxyl groups is 1. The van der Waals surface area contributed by atoms with Gasteiger partial charge in [0.25, 0.3) is 0 Å². The maximum Gasteiger partial charge on any atom is 0.308 e. The van der Waals surface area contributed by atoms with Crippen molar-refractivity contribution < 1.29 is 24.1 Å². The van der Waals surface area contributed by atoms with E-state index in [4.69, 9.17) is 19.2 Å². The zero-order valence-corrected chi connectivity index (χ0v) is 16.7. The Hall–Kier alpha value is -2.52. The lowest BCUT2D eigenvalue weighted by Crippen LogP contribution is -2.32. The van der Waals surface area contributed by atoms with Crippen LogP contribution in [0.1, 0.15) is 43.0 Å². The molecule has 9 nitrogen and oxygen atoms in total. The van der Waals surface area contributed by atoms with Crippen LogP contribution in [0.2, 0.25) is 0 Å². The molecule has 4 rings (SSSR count). The Morgan fingerprint density at radius 2 is 2.17 bits per heavy atom. The Kier molecular flexibility index (Phi) is 5.77. The number of nitrogens with zero attached hydrogens (tertiary/aromatic N) is 4. The van der Waals surface area contributed by atoms with Gasteiger partial charge in [-0.15, -0.1) is 5.10 Å². The van der Waals surface area contributed by atoms with E-state index in [1.54, 1.807) is 11.7 Å². The Bertz CT molecular complexity index is 880. The maximum absolute atomic E-state index is 11.9. The number of aromatic nitrogens is 4. The highest BCUT2D eigenvalue weighted by atomic mass is 16.5. The fraction of sp³-hybridized carbons (Fsp3) is 0.600. The highest BCUT2D eigenvalue weighted by Gasteiger charge is 2.32. The predicted octanol–water partition coefficient (Wildman–Crippen LogP) is 1.59. The minimum atomic E-state index is -0.169. The van der Waals surface area contributed by atoms with Crippen molar-refractivity contribution in [3.05, 3.63) is 23.5 Å². The fourth-order valence-electron chi connectivity index (χ4n) is 3.95. The van der Waals surface area contributed by atoms with Gasteiger partial charge in [-0.2, -0.15) is 0 Å². The molecule has 1 saturated carbocycles. The van der Waals surface area contributed by atoms with Crippen molar-refractivity contribution in [2.75, 3.05) is 20.3 Å². The van der Waals surface area contributed by atoms with Crippen LogP contribution >= 0.6 is 0 Å². The molecule has 156 valence electrons. The van der Waals surface area contributed by atoms with Gasteiger partial charge in [0.1, 0.15) is 11.4 Å². The molecule has 2 atom stereocenters. The van der Waals surface area contributed by atoms with Gasteiger partial charge in [0.05, 0.1) is 62.0 Å². The summed E-state index contributed by atoms with van der Waals surface area (Å²) >= 11 is 0. The molecule has 0 spiro atoms. The summed E-state index contributed by atoms with van der Waals surface area (Å²) in [6, 6.07) is 3.73. The van der Waals surface area contributed by atoms with Crippen LogP contribution in [0.15, 0.2) is 12.1 Å². The van der Waals surface area contributed by atoms with Crippen LogP contribution in [0.4, 0.5) is 0 Å². The van der Waals surface area contributed by atoms with E-state index in [0.29, 0.717) is 42.5 Å². The second-order valence-corrected chi connectivity index (χ2v) is 7.61. The summed E-state index contributed by atoms with van der Waals surface area (Å²) < 4.78 is 18.1. The minimum absolute atomic E-state index is 0.0511. The molecule has 2 aromatic heterocycles. The number of aryl methyl sites for hydroxylation is 1. The summed E-state index contributed by atoms with van der Waals surface area (Å²) in [7, 11) is 3.16. The topological polar surface area (TPSA) is 109 Å². The number of hydrogen-bond donors (Lipinski definition) is 1. The van der Waals surface area contributed by atoms with E-state index in [2.05, 4.69) is 10.3 Å². The molecule has 0 amide bonds. The van der Waals surface area contributed by atoms with E-state index in [9.17, 15) is 9.90 Å². The molecule has 1 saturated heterocycles. The number of methoxy groups -OCH3 is 1. The van der Waals surface area contributed by atoms with Gasteiger partial charge in [-0.05, 0) is 37.8 Å². The number of rotatable bonds is 6. The molecular formula is C20H26N4O5. The molecule has 0 bridgehead atoms. The zero-order valence-electron chi connectivity index (χ0n) is 16.7. The van der Waals surface area contributed by atoms with E-state index in [-0.39, 0.29) is 30.5 Å². The van der Waals surface area contributed by atoms with Crippen molar-refractivity contribution in [3.8, 4) is 17.1 Å². The molecule has 2 fully saturated rings. The quantitative estimate of drug-likeness (QED) is 0.726. The van der Waals surface area contributed by atoms with Gasteiger partial charge < -0.3 is 19.3 Å². The van der Waals surface area contributed by atoms with Crippen molar-refractivity contribution in [3.63, 3.8) is 0 Å². The summed E-state index contributed by atoms with van der Waals surface area (Å²) in [6.45, 7) is 1.02. The van der Waals surface area contributed by atoms with Crippen molar-refractivity contribution in [2.45, 2.75) is 44.3 Å². The lowest BCUT2D eigenvalue weighted by atomic mass is 9.87. The normalized spacial score (nSPS) is 22.2. The van der Waals surface area contributed by atoms with Gasteiger partial charge in [0, 0.05) is 7.05 Å². The highest BCUT2D eigenvalue weighted by molar-refractivity contribution is 5.72. The van der Waals surface area contributed by atoms with Gasteiger partial charge in [0.15, 0.2) is 0 Å². The maximum atomic E-state index is 11.9. The fourth-order valence-corrected chi connectivity index (χ4v) is 3.95. The van der Waals surface area contributed by atoms with E-state index >= 15 is 0 Å². The standard InChI is InChI=1S/C20H26N4O5/c1-24-16(9-25)19(22-23-24)15-6-7-17(18(21-15)13-10-28-11-13)29-14-5-3-4-12(8-14)20(26)27-2/h6-7,12-14,25H,3-5,8-11H2,1-2H3/t12-,14-/m0/s1. The molecule has 2 aromatic rings. The second-order valence-electron chi connectivity index (χ2n) is 7.61. The Morgan fingerprint density at radius 3 is 2.86 bits per heavy atom. The highest BCUT2D eigenvalue weighted by Crippen LogP contribution is 2.36.